The summed E-state index contributed by atoms with van der Waals surface area (Å²) >= 11 is 0. The van der Waals surface area contributed by atoms with E-state index in [-0.39, 0.29) is 19.1 Å². The number of para-hydroxylation sites is 1. The molecule has 0 atom stereocenters. The summed E-state index contributed by atoms with van der Waals surface area (Å²) in [5.41, 5.74) is 1.39. The number of pyridine rings is 1. The fraction of sp³-hybridized carbons (Fsp3) is 0.125. The Kier molecular flexibility index (Phi) is 6.31. The monoisotopic (exact) mass is 431 g/mol. The van der Waals surface area contributed by atoms with Gasteiger partial charge in [0.1, 0.15) is 22.8 Å². The first kappa shape index (κ1) is 20.9. The summed E-state index contributed by atoms with van der Waals surface area (Å²) in [4.78, 5) is 24.4. The van der Waals surface area contributed by atoms with Crippen LogP contribution in [0.4, 0.5) is 5.69 Å². The molecule has 32 heavy (non-hydrogen) atoms. The second-order valence-electron chi connectivity index (χ2n) is 6.75. The Hall–Kier alpha value is -4.33. The van der Waals surface area contributed by atoms with Crippen molar-refractivity contribution in [3.8, 4) is 17.2 Å². The molecule has 2 heterocycles. The van der Waals surface area contributed by atoms with Crippen molar-refractivity contribution < 1.29 is 23.8 Å². The van der Waals surface area contributed by atoms with Crippen LogP contribution in [0.3, 0.4) is 0 Å². The molecule has 4 aromatic rings. The van der Waals surface area contributed by atoms with Gasteiger partial charge < -0.3 is 19.5 Å². The standard InChI is InChI=1S/C24H21N3O5/c1-2-30-24(29)21-15-25-27-13-12-17(14-22(21)27)26-23(28)16-31-18-8-10-20(11-9-18)32-19-6-4-3-5-7-19/h3-15H,2,16H2,1H3,(H,26,28). The smallest absolute Gasteiger partial charge is 0.341 e. The van der Waals surface area contributed by atoms with Crippen LogP contribution in [0.25, 0.3) is 5.52 Å². The molecule has 0 aliphatic carbocycles. The number of nitrogens with one attached hydrogen (secondary N) is 1. The zero-order valence-electron chi connectivity index (χ0n) is 17.4. The largest absolute Gasteiger partial charge is 0.484 e. The van der Waals surface area contributed by atoms with Crippen molar-refractivity contribution in [3.63, 3.8) is 0 Å². The van der Waals surface area contributed by atoms with Crippen LogP contribution < -0.4 is 14.8 Å². The van der Waals surface area contributed by atoms with Gasteiger partial charge in [-0.1, -0.05) is 18.2 Å². The van der Waals surface area contributed by atoms with Crippen LogP contribution >= 0.6 is 0 Å². The Morgan fingerprint density at radius 2 is 1.69 bits per heavy atom. The van der Waals surface area contributed by atoms with Gasteiger partial charge in [-0.05, 0) is 55.5 Å². The van der Waals surface area contributed by atoms with E-state index in [2.05, 4.69) is 10.4 Å². The summed E-state index contributed by atoms with van der Waals surface area (Å²) in [7, 11) is 0. The van der Waals surface area contributed by atoms with Gasteiger partial charge in [-0.25, -0.2) is 9.31 Å². The van der Waals surface area contributed by atoms with Gasteiger partial charge in [0, 0.05) is 11.9 Å². The van der Waals surface area contributed by atoms with Gasteiger partial charge in [-0.2, -0.15) is 5.10 Å². The van der Waals surface area contributed by atoms with Crippen molar-refractivity contribution in [1.29, 1.82) is 0 Å². The number of ether oxygens (including phenoxy) is 3. The first-order valence-electron chi connectivity index (χ1n) is 10.0. The van der Waals surface area contributed by atoms with E-state index in [1.54, 1.807) is 49.5 Å². The number of hydrogen-bond donors (Lipinski definition) is 1. The minimum atomic E-state index is -0.464. The molecule has 1 N–H and O–H groups in total. The highest BCUT2D eigenvalue weighted by Gasteiger charge is 2.14. The van der Waals surface area contributed by atoms with Crippen LogP contribution in [0, 0.1) is 0 Å². The van der Waals surface area contributed by atoms with Gasteiger partial charge in [-0.15, -0.1) is 0 Å². The lowest BCUT2D eigenvalue weighted by Crippen LogP contribution is -2.20. The molecule has 0 aliphatic rings. The number of amides is 1. The topological polar surface area (TPSA) is 91.2 Å². The maximum Gasteiger partial charge on any atom is 0.341 e. The SMILES string of the molecule is CCOC(=O)c1cnn2ccc(NC(=O)COc3ccc(Oc4ccccc4)cc3)cc12. The fourth-order valence-electron chi connectivity index (χ4n) is 3.00. The van der Waals surface area contributed by atoms with E-state index in [4.69, 9.17) is 14.2 Å². The summed E-state index contributed by atoms with van der Waals surface area (Å²) in [5, 5.41) is 6.87. The summed E-state index contributed by atoms with van der Waals surface area (Å²) in [6, 6.07) is 19.8. The predicted molar refractivity (Wildman–Crippen MR) is 118 cm³/mol. The number of carbonyl (C=O) groups is 2. The second kappa shape index (κ2) is 9.65. The highest BCUT2D eigenvalue weighted by Crippen LogP contribution is 2.23. The average molecular weight is 431 g/mol. The Bertz CT molecular complexity index is 1220. The third-order valence-corrected chi connectivity index (χ3v) is 4.47. The predicted octanol–water partition coefficient (Wildman–Crippen LogP) is 4.32. The maximum atomic E-state index is 12.3. The van der Waals surface area contributed by atoms with E-state index in [0.717, 1.165) is 5.75 Å². The molecule has 0 aliphatic heterocycles. The number of esters is 1. The number of carbonyl (C=O) groups excluding carboxylic acids is 2. The molecule has 0 bridgehead atoms. The van der Waals surface area contributed by atoms with E-state index in [1.165, 1.54) is 10.7 Å². The van der Waals surface area contributed by atoms with Crippen LogP contribution in [0.1, 0.15) is 17.3 Å². The zero-order chi connectivity index (χ0) is 22.3. The number of rotatable bonds is 8. The number of fused-ring (bicyclic) bond motifs is 1. The molecule has 0 unspecified atom stereocenters. The van der Waals surface area contributed by atoms with Gasteiger partial charge >= 0.3 is 5.97 Å². The first-order valence-corrected chi connectivity index (χ1v) is 10.0. The van der Waals surface area contributed by atoms with Crippen molar-refractivity contribution in [2.24, 2.45) is 0 Å². The highest BCUT2D eigenvalue weighted by molar-refractivity contribution is 5.98. The van der Waals surface area contributed by atoms with Crippen LogP contribution in [0.5, 0.6) is 17.2 Å². The Morgan fingerprint density at radius 3 is 2.44 bits per heavy atom. The highest BCUT2D eigenvalue weighted by atomic mass is 16.5. The normalized spacial score (nSPS) is 10.5. The molecule has 0 saturated carbocycles. The van der Waals surface area contributed by atoms with Gasteiger partial charge in [0.2, 0.25) is 0 Å². The number of anilines is 1. The number of hydrogen-bond acceptors (Lipinski definition) is 6. The lowest BCUT2D eigenvalue weighted by Gasteiger charge is -2.09. The summed E-state index contributed by atoms with van der Waals surface area (Å²) in [6.45, 7) is 1.83. The van der Waals surface area contributed by atoms with Crippen LogP contribution in [-0.2, 0) is 9.53 Å². The molecule has 162 valence electrons. The molecule has 0 fully saturated rings. The molecular weight excluding hydrogens is 410 g/mol. The summed E-state index contributed by atoms with van der Waals surface area (Å²) < 4.78 is 17.9. The molecule has 0 saturated heterocycles. The van der Waals surface area contributed by atoms with Crippen molar-refractivity contribution >= 4 is 23.1 Å². The number of aromatic nitrogens is 2. The minimum absolute atomic E-state index is 0.173. The number of benzene rings is 2. The Balaban J connectivity index is 1.34. The van der Waals surface area contributed by atoms with Gasteiger partial charge in [0.05, 0.1) is 18.3 Å². The fourth-order valence-corrected chi connectivity index (χ4v) is 3.00. The summed E-state index contributed by atoms with van der Waals surface area (Å²) in [6.07, 6.45) is 3.09. The van der Waals surface area contributed by atoms with E-state index < -0.39 is 5.97 Å². The molecule has 2 aromatic heterocycles. The van der Waals surface area contributed by atoms with Crippen molar-refractivity contribution in [1.82, 2.24) is 9.61 Å². The lowest BCUT2D eigenvalue weighted by atomic mass is 10.2. The molecule has 1 amide bonds. The van der Waals surface area contributed by atoms with Gasteiger partial charge in [-0.3, -0.25) is 4.79 Å². The lowest BCUT2D eigenvalue weighted by molar-refractivity contribution is -0.118. The van der Waals surface area contributed by atoms with E-state index >= 15 is 0 Å². The summed E-state index contributed by atoms with van der Waals surface area (Å²) in [5.74, 6) is 1.14. The van der Waals surface area contributed by atoms with E-state index in [9.17, 15) is 9.59 Å². The van der Waals surface area contributed by atoms with E-state index in [1.807, 2.05) is 30.3 Å². The maximum absolute atomic E-state index is 12.3. The van der Waals surface area contributed by atoms with Crippen LogP contribution in [0.2, 0.25) is 0 Å². The molecule has 8 heteroatoms. The third kappa shape index (κ3) is 5.04. The third-order valence-electron chi connectivity index (χ3n) is 4.47. The van der Waals surface area contributed by atoms with Crippen LogP contribution in [0.15, 0.2) is 79.1 Å². The van der Waals surface area contributed by atoms with E-state index in [0.29, 0.717) is 28.3 Å². The molecule has 0 radical (unpaired) electrons. The van der Waals surface area contributed by atoms with Crippen molar-refractivity contribution in [3.05, 3.63) is 84.7 Å². The molecular formula is C24H21N3O5. The van der Waals surface area contributed by atoms with Gasteiger partial charge in [0.15, 0.2) is 6.61 Å². The van der Waals surface area contributed by atoms with Crippen LogP contribution in [-0.4, -0.2) is 34.7 Å². The van der Waals surface area contributed by atoms with Crippen molar-refractivity contribution in [2.45, 2.75) is 6.92 Å². The van der Waals surface area contributed by atoms with Crippen molar-refractivity contribution in [2.75, 3.05) is 18.5 Å². The van der Waals surface area contributed by atoms with Gasteiger partial charge in [0.25, 0.3) is 5.91 Å². The second-order valence-corrected chi connectivity index (χ2v) is 6.75. The molecule has 0 spiro atoms. The molecule has 4 rings (SSSR count). The Labute approximate surface area is 184 Å². The first-order chi connectivity index (χ1) is 15.6. The molecule has 2 aromatic carbocycles. The average Bonchev–Trinajstić information content (AvgIpc) is 3.23. The Morgan fingerprint density at radius 1 is 0.969 bits per heavy atom. The minimum Gasteiger partial charge on any atom is -0.484 e. The quantitative estimate of drug-likeness (QED) is 0.418. The zero-order valence-corrected chi connectivity index (χ0v) is 17.4. The number of nitrogens with zero attached hydrogens (tertiary/aromatic N) is 2. The molecule has 8 nitrogen and oxygen atoms in total.